The highest BCUT2D eigenvalue weighted by Crippen LogP contribution is 2.16. The summed E-state index contributed by atoms with van der Waals surface area (Å²) in [6.07, 6.45) is 0. The molecular formula is C17H17ClN4O2. The van der Waals surface area contributed by atoms with E-state index in [1.54, 1.807) is 18.2 Å². The third-order valence-electron chi connectivity index (χ3n) is 3.67. The fourth-order valence-electron chi connectivity index (χ4n) is 2.30. The molecule has 1 aromatic heterocycles. The quantitative estimate of drug-likeness (QED) is 0.745. The molecule has 0 aliphatic carbocycles. The molecule has 0 aliphatic rings. The molecular weight excluding hydrogens is 328 g/mol. The molecule has 0 aliphatic heterocycles. The Kier molecular flexibility index (Phi) is 4.96. The van der Waals surface area contributed by atoms with Gasteiger partial charge < -0.3 is 10.2 Å². The third-order valence-corrected chi connectivity index (χ3v) is 3.90. The van der Waals surface area contributed by atoms with Crippen LogP contribution in [0.15, 0.2) is 48.5 Å². The number of carbonyl (C=O) groups is 1. The molecule has 6 nitrogen and oxygen atoms in total. The van der Waals surface area contributed by atoms with Crippen molar-refractivity contribution in [3.05, 3.63) is 59.1 Å². The van der Waals surface area contributed by atoms with Crippen LogP contribution < -0.4 is 10.2 Å². The van der Waals surface area contributed by atoms with Crippen molar-refractivity contribution < 1.29 is 9.63 Å². The van der Waals surface area contributed by atoms with Gasteiger partial charge in [-0.2, -0.15) is 0 Å². The highest BCUT2D eigenvalue weighted by Gasteiger charge is 2.10. The summed E-state index contributed by atoms with van der Waals surface area (Å²) in [4.78, 5) is 18.5. The second-order valence-corrected chi connectivity index (χ2v) is 5.92. The number of fused-ring (bicyclic) bond motifs is 1. The Morgan fingerprint density at radius 1 is 1.29 bits per heavy atom. The Hall–Kier alpha value is -2.60. The molecule has 1 amide bonds. The predicted octanol–water partition coefficient (Wildman–Crippen LogP) is 2.43. The summed E-state index contributed by atoms with van der Waals surface area (Å²) in [5.41, 5.74) is 2.45. The number of nitrogens with zero attached hydrogens (tertiary/aromatic N) is 3. The lowest BCUT2D eigenvalue weighted by Crippen LogP contribution is -2.34. The van der Waals surface area contributed by atoms with Gasteiger partial charge in [0, 0.05) is 11.6 Å². The van der Waals surface area contributed by atoms with Crippen molar-refractivity contribution in [1.29, 1.82) is 0 Å². The van der Waals surface area contributed by atoms with Crippen LogP contribution in [0.25, 0.3) is 11.0 Å². The van der Waals surface area contributed by atoms with E-state index in [-0.39, 0.29) is 18.4 Å². The minimum atomic E-state index is -0.219. The number of amides is 1. The van der Waals surface area contributed by atoms with Crippen LogP contribution >= 0.6 is 11.6 Å². The maximum atomic E-state index is 12.0. The van der Waals surface area contributed by atoms with E-state index in [1.807, 2.05) is 30.3 Å². The van der Waals surface area contributed by atoms with E-state index in [9.17, 15) is 4.79 Å². The average molecular weight is 345 g/mol. The number of carbonyl (C=O) groups excluding carboxylic acids is 1. The van der Waals surface area contributed by atoms with Crippen molar-refractivity contribution in [2.45, 2.75) is 12.8 Å². The fraction of sp³-hybridized carbons (Fsp3) is 0.235. The zero-order valence-electron chi connectivity index (χ0n) is 13.1. The number of benzene rings is 2. The molecule has 1 heterocycles. The summed E-state index contributed by atoms with van der Waals surface area (Å²) < 4.78 is 0. The molecule has 0 saturated carbocycles. The zero-order chi connectivity index (χ0) is 16.9. The molecule has 0 saturated heterocycles. The normalized spacial score (nSPS) is 12.1. The van der Waals surface area contributed by atoms with Gasteiger partial charge in [-0.05, 0) is 34.9 Å². The first-order chi connectivity index (χ1) is 11.6. The average Bonchev–Trinajstić information content (AvgIpc) is 3.00. The summed E-state index contributed by atoms with van der Waals surface area (Å²) in [5, 5.41) is 11.2. The summed E-state index contributed by atoms with van der Waals surface area (Å²) in [6.45, 7) is 2.45. The molecule has 24 heavy (non-hydrogen) atoms. The van der Waals surface area contributed by atoms with Crippen LogP contribution in [0.2, 0.25) is 5.02 Å². The van der Waals surface area contributed by atoms with Crippen molar-refractivity contribution in [2.24, 2.45) is 0 Å². The number of aromatic nitrogens is 3. The van der Waals surface area contributed by atoms with Crippen LogP contribution in [-0.2, 0) is 4.79 Å². The van der Waals surface area contributed by atoms with Gasteiger partial charge in [0.1, 0.15) is 11.0 Å². The smallest absolute Gasteiger partial charge is 0.260 e. The lowest BCUT2D eigenvalue weighted by atomic mass is 10.0. The monoisotopic (exact) mass is 344 g/mol. The second-order valence-electron chi connectivity index (χ2n) is 5.48. The summed E-state index contributed by atoms with van der Waals surface area (Å²) >= 11 is 5.95. The van der Waals surface area contributed by atoms with Gasteiger partial charge in [-0.3, -0.25) is 4.79 Å². The van der Waals surface area contributed by atoms with Crippen LogP contribution in [0.5, 0.6) is 0 Å². The van der Waals surface area contributed by atoms with Gasteiger partial charge in [0.05, 0.1) is 0 Å². The first-order valence-electron chi connectivity index (χ1n) is 7.59. The van der Waals surface area contributed by atoms with Crippen molar-refractivity contribution in [2.75, 3.05) is 13.2 Å². The number of nitrogens with one attached hydrogen (secondary N) is 1. The van der Waals surface area contributed by atoms with Gasteiger partial charge in [-0.25, -0.2) is 0 Å². The Morgan fingerprint density at radius 2 is 2.08 bits per heavy atom. The van der Waals surface area contributed by atoms with E-state index in [0.29, 0.717) is 22.6 Å². The molecule has 7 heteroatoms. The Morgan fingerprint density at radius 3 is 2.88 bits per heavy atom. The fourth-order valence-corrected chi connectivity index (χ4v) is 2.47. The van der Waals surface area contributed by atoms with Gasteiger partial charge in [0.15, 0.2) is 6.61 Å². The molecule has 0 spiro atoms. The molecule has 3 aromatic rings. The van der Waals surface area contributed by atoms with Crippen LogP contribution in [0.3, 0.4) is 0 Å². The van der Waals surface area contributed by atoms with E-state index in [1.165, 1.54) is 10.4 Å². The van der Waals surface area contributed by atoms with Crippen LogP contribution in [0.1, 0.15) is 18.4 Å². The summed E-state index contributed by atoms with van der Waals surface area (Å²) in [7, 11) is 0. The molecule has 1 unspecified atom stereocenters. The van der Waals surface area contributed by atoms with Crippen LogP contribution in [0.4, 0.5) is 0 Å². The van der Waals surface area contributed by atoms with Gasteiger partial charge >= 0.3 is 0 Å². The van der Waals surface area contributed by atoms with Crippen LogP contribution in [-0.4, -0.2) is 34.2 Å². The topological polar surface area (TPSA) is 69.0 Å². The standard InChI is InChI=1S/C17H17ClN4O2/c1-12(13-5-3-2-4-6-13)10-19-17(23)11-24-22-16-9-14(18)7-8-15(16)20-21-22/h2-9,12H,10-11H2,1H3,(H,19,23). The maximum absolute atomic E-state index is 12.0. The highest BCUT2D eigenvalue weighted by molar-refractivity contribution is 6.31. The third kappa shape index (κ3) is 3.83. The molecule has 0 radical (unpaired) electrons. The molecule has 0 bridgehead atoms. The van der Waals surface area contributed by atoms with Crippen molar-refractivity contribution in [1.82, 2.24) is 20.5 Å². The van der Waals surface area contributed by atoms with Crippen molar-refractivity contribution in [3.8, 4) is 0 Å². The van der Waals surface area contributed by atoms with Crippen LogP contribution in [0, 0.1) is 0 Å². The Labute approximate surface area is 144 Å². The summed E-state index contributed by atoms with van der Waals surface area (Å²) in [6, 6.07) is 15.2. The second kappa shape index (κ2) is 7.31. The lowest BCUT2D eigenvalue weighted by Gasteiger charge is -2.13. The number of hydrogen-bond acceptors (Lipinski definition) is 4. The van der Waals surface area contributed by atoms with E-state index in [2.05, 4.69) is 22.6 Å². The number of hydrogen-bond donors (Lipinski definition) is 1. The maximum Gasteiger partial charge on any atom is 0.260 e. The summed E-state index contributed by atoms with van der Waals surface area (Å²) in [5.74, 6) is 0.00427. The number of rotatable bonds is 6. The molecule has 3 rings (SSSR count). The highest BCUT2D eigenvalue weighted by atomic mass is 35.5. The number of halogens is 1. The van der Waals surface area contributed by atoms with Gasteiger partial charge in [-0.15, -0.1) is 5.10 Å². The molecule has 124 valence electrons. The van der Waals surface area contributed by atoms with E-state index in [0.717, 1.165) is 0 Å². The SMILES string of the molecule is CC(CNC(=O)COn1nnc2ccc(Cl)cc21)c1ccccc1. The predicted molar refractivity (Wildman–Crippen MR) is 91.9 cm³/mol. The van der Waals surface area contributed by atoms with Gasteiger partial charge in [0.25, 0.3) is 5.91 Å². The molecule has 1 N–H and O–H groups in total. The van der Waals surface area contributed by atoms with Crippen molar-refractivity contribution >= 4 is 28.5 Å². The zero-order valence-corrected chi connectivity index (χ0v) is 13.9. The first-order valence-corrected chi connectivity index (χ1v) is 7.97. The first kappa shape index (κ1) is 16.3. The van der Waals surface area contributed by atoms with Crippen molar-refractivity contribution in [3.63, 3.8) is 0 Å². The van der Waals surface area contributed by atoms with E-state index in [4.69, 9.17) is 16.4 Å². The minimum absolute atomic E-state index is 0.146. The Balaban J connectivity index is 1.53. The molecule has 1 atom stereocenters. The molecule has 2 aromatic carbocycles. The Bertz CT molecular complexity index is 835. The molecule has 0 fully saturated rings. The van der Waals surface area contributed by atoms with Gasteiger partial charge in [0.2, 0.25) is 0 Å². The lowest BCUT2D eigenvalue weighted by molar-refractivity contribution is -0.126. The van der Waals surface area contributed by atoms with E-state index < -0.39 is 0 Å². The van der Waals surface area contributed by atoms with Gasteiger partial charge in [-0.1, -0.05) is 53.7 Å². The minimum Gasteiger partial charge on any atom is -0.385 e. The van der Waals surface area contributed by atoms with E-state index >= 15 is 0 Å². The largest absolute Gasteiger partial charge is 0.385 e.